The zero-order valence-electron chi connectivity index (χ0n) is 33.7. The zero-order chi connectivity index (χ0) is 38.9. The minimum Gasteiger partial charge on any atom is -0.489 e. The molecular weight excluding hydrogens is 703 g/mol. The molecular formula is C56H47NO. The van der Waals surface area contributed by atoms with Crippen LogP contribution in [0, 0.1) is 5.92 Å². The summed E-state index contributed by atoms with van der Waals surface area (Å²) in [7, 11) is 0. The summed E-state index contributed by atoms with van der Waals surface area (Å²) in [5.74, 6) is 1.83. The number of hydrogen-bond acceptors (Lipinski definition) is 2. The molecule has 0 aromatic heterocycles. The van der Waals surface area contributed by atoms with E-state index in [1.807, 2.05) is 0 Å². The first-order valence-corrected chi connectivity index (χ1v) is 21.2. The summed E-state index contributed by atoms with van der Waals surface area (Å²) in [6, 6.07) is 52.8. The van der Waals surface area contributed by atoms with Gasteiger partial charge >= 0.3 is 0 Å². The van der Waals surface area contributed by atoms with Crippen LogP contribution in [0.15, 0.2) is 152 Å². The highest BCUT2D eigenvalue weighted by atomic mass is 16.5. The smallest absolute Gasteiger partial charge is 0.123 e. The Kier molecular flexibility index (Phi) is 7.14. The summed E-state index contributed by atoms with van der Waals surface area (Å²) in [4.78, 5) is 2.46. The summed E-state index contributed by atoms with van der Waals surface area (Å²) >= 11 is 0. The lowest BCUT2D eigenvalue weighted by Crippen LogP contribution is -2.33. The van der Waals surface area contributed by atoms with Crippen LogP contribution in [0.25, 0.3) is 44.7 Å². The van der Waals surface area contributed by atoms with Crippen molar-refractivity contribution in [2.24, 2.45) is 5.92 Å². The molecule has 0 saturated heterocycles. The maximum absolute atomic E-state index is 6.54. The standard InChI is InChI=1S/C56H47NO/c1-55(2)49-15-9-7-13-43(49)44-28-25-40(31-51(44)55)57(39-24-27-42-37(29-39)18-17-35-11-5-6-12-41(35)42)38-22-19-34(20-23-38)36-21-26-45-47-32-48-46-14-8-10-16-53(46)58-54(48)33-52(47)56(3,4)50(45)30-36/h6-10,12-32,48,52,54H,5,11,33H2,1-4H3. The normalized spacial score (nSPS) is 20.8. The molecule has 1 heterocycles. The fraction of sp³-hybridized carbons (Fsp3) is 0.214. The molecule has 58 heavy (non-hydrogen) atoms. The van der Waals surface area contributed by atoms with E-state index < -0.39 is 0 Å². The third kappa shape index (κ3) is 4.84. The van der Waals surface area contributed by atoms with Crippen molar-refractivity contribution in [3.8, 4) is 28.0 Å². The number of benzene rings is 7. The van der Waals surface area contributed by atoms with Gasteiger partial charge in [0.15, 0.2) is 0 Å². The van der Waals surface area contributed by atoms with Gasteiger partial charge in [-0.15, -0.1) is 0 Å². The average molecular weight is 750 g/mol. The highest BCUT2D eigenvalue weighted by molar-refractivity contribution is 5.96. The summed E-state index contributed by atoms with van der Waals surface area (Å²) < 4.78 is 6.54. The molecule has 0 saturated carbocycles. The van der Waals surface area contributed by atoms with Crippen LogP contribution in [0.5, 0.6) is 5.75 Å². The van der Waals surface area contributed by atoms with Gasteiger partial charge in [-0.2, -0.15) is 0 Å². The molecule has 0 amide bonds. The highest BCUT2D eigenvalue weighted by Gasteiger charge is 2.49. The number of aryl methyl sites for hydroxylation is 1. The van der Waals surface area contributed by atoms with Gasteiger partial charge in [0.1, 0.15) is 11.9 Å². The first-order chi connectivity index (χ1) is 28.2. The molecule has 0 spiro atoms. The van der Waals surface area contributed by atoms with E-state index in [-0.39, 0.29) is 16.9 Å². The third-order valence-electron chi connectivity index (χ3n) is 14.6. The predicted octanol–water partition coefficient (Wildman–Crippen LogP) is 14.5. The number of anilines is 3. The molecule has 1 aliphatic heterocycles. The fourth-order valence-electron chi connectivity index (χ4n) is 11.5. The molecule has 4 aliphatic carbocycles. The Bertz CT molecular complexity index is 2920. The van der Waals surface area contributed by atoms with Gasteiger partial charge in [-0.05, 0) is 151 Å². The Morgan fingerprint density at radius 3 is 2.26 bits per heavy atom. The van der Waals surface area contributed by atoms with Gasteiger partial charge in [-0.1, -0.05) is 137 Å². The second-order valence-electron chi connectivity index (χ2n) is 18.4. The number of hydrogen-bond donors (Lipinski definition) is 0. The van der Waals surface area contributed by atoms with Crippen molar-refractivity contribution in [3.05, 3.63) is 191 Å². The van der Waals surface area contributed by atoms with Crippen molar-refractivity contribution in [2.75, 3.05) is 4.90 Å². The number of nitrogens with zero attached hydrogens (tertiary/aromatic N) is 1. The maximum Gasteiger partial charge on any atom is 0.123 e. The van der Waals surface area contributed by atoms with Gasteiger partial charge in [0.05, 0.1) is 0 Å². The molecule has 0 radical (unpaired) electrons. The van der Waals surface area contributed by atoms with Gasteiger partial charge in [0.2, 0.25) is 0 Å². The van der Waals surface area contributed by atoms with Gasteiger partial charge < -0.3 is 9.64 Å². The van der Waals surface area contributed by atoms with Crippen molar-refractivity contribution >= 4 is 39.5 Å². The molecule has 0 bridgehead atoms. The largest absolute Gasteiger partial charge is 0.489 e. The summed E-state index contributed by atoms with van der Waals surface area (Å²) in [5.41, 5.74) is 19.9. The monoisotopic (exact) mass is 749 g/mol. The average Bonchev–Trinajstić information content (AvgIpc) is 3.82. The van der Waals surface area contributed by atoms with Crippen LogP contribution in [0.4, 0.5) is 17.1 Å². The first kappa shape index (κ1) is 34.0. The number of fused-ring (bicyclic) bond motifs is 12. The van der Waals surface area contributed by atoms with Crippen molar-refractivity contribution < 1.29 is 4.74 Å². The minimum absolute atomic E-state index is 0.0170. The molecule has 7 aromatic rings. The number of ether oxygens (including phenoxy) is 1. The molecule has 3 unspecified atom stereocenters. The van der Waals surface area contributed by atoms with Gasteiger partial charge in [-0.3, -0.25) is 0 Å². The summed E-state index contributed by atoms with van der Waals surface area (Å²) in [5, 5.41) is 2.60. The van der Waals surface area contributed by atoms with E-state index in [1.165, 1.54) is 88.9 Å². The molecule has 12 rings (SSSR count). The van der Waals surface area contributed by atoms with Crippen LogP contribution in [-0.4, -0.2) is 6.10 Å². The Balaban J connectivity index is 0.937. The van der Waals surface area contributed by atoms with Crippen LogP contribution in [0.3, 0.4) is 0 Å². The molecule has 0 N–H and O–H groups in total. The lowest BCUT2D eigenvalue weighted by molar-refractivity contribution is 0.169. The number of para-hydroxylation sites is 1. The van der Waals surface area contributed by atoms with Crippen LogP contribution in [0.1, 0.15) is 85.4 Å². The quantitative estimate of drug-likeness (QED) is 0.178. The SMILES string of the molecule is CC1(C)c2ccccc2-c2ccc(N(c3ccc(-c4ccc5c(c4)C(C)(C)C4CC6Oc7ccccc7C6C=C54)cc3)c3ccc4c5c(ccc4c3)CCC=C5)cc21. The lowest BCUT2D eigenvalue weighted by atomic mass is 9.70. The van der Waals surface area contributed by atoms with Crippen molar-refractivity contribution in [3.63, 3.8) is 0 Å². The van der Waals surface area contributed by atoms with E-state index in [9.17, 15) is 0 Å². The lowest BCUT2D eigenvalue weighted by Gasteiger charge is -2.35. The van der Waals surface area contributed by atoms with Crippen molar-refractivity contribution in [2.45, 2.75) is 69.8 Å². The van der Waals surface area contributed by atoms with Gasteiger partial charge in [0, 0.05) is 34.0 Å². The molecule has 2 heteroatoms. The Labute approximate surface area is 342 Å². The van der Waals surface area contributed by atoms with E-state index in [0.29, 0.717) is 11.8 Å². The molecule has 2 nitrogen and oxygen atoms in total. The minimum atomic E-state index is -0.0859. The first-order valence-electron chi connectivity index (χ1n) is 21.2. The Morgan fingerprint density at radius 1 is 0.621 bits per heavy atom. The number of rotatable bonds is 4. The third-order valence-corrected chi connectivity index (χ3v) is 14.6. The van der Waals surface area contributed by atoms with Crippen LogP contribution in [0.2, 0.25) is 0 Å². The van der Waals surface area contributed by atoms with Crippen LogP contribution >= 0.6 is 0 Å². The second kappa shape index (κ2) is 12.2. The topological polar surface area (TPSA) is 12.5 Å². The second-order valence-corrected chi connectivity index (χ2v) is 18.4. The molecule has 5 aliphatic rings. The van der Waals surface area contributed by atoms with Crippen molar-refractivity contribution in [1.29, 1.82) is 0 Å². The highest BCUT2D eigenvalue weighted by Crippen LogP contribution is 2.59. The van der Waals surface area contributed by atoms with Gasteiger partial charge in [-0.25, -0.2) is 0 Å². The maximum atomic E-state index is 6.54. The molecule has 282 valence electrons. The molecule has 7 aromatic carbocycles. The Hall–Kier alpha value is -6.12. The molecule has 3 atom stereocenters. The fourth-order valence-corrected chi connectivity index (χ4v) is 11.5. The van der Waals surface area contributed by atoms with E-state index in [0.717, 1.165) is 30.7 Å². The summed E-state index contributed by atoms with van der Waals surface area (Å²) in [6.07, 6.45) is 10.7. The predicted molar refractivity (Wildman–Crippen MR) is 242 cm³/mol. The van der Waals surface area contributed by atoms with E-state index >= 15 is 0 Å². The van der Waals surface area contributed by atoms with Crippen LogP contribution < -0.4 is 9.64 Å². The zero-order valence-corrected chi connectivity index (χ0v) is 33.7. The Morgan fingerprint density at radius 2 is 1.36 bits per heavy atom. The van der Waals surface area contributed by atoms with E-state index in [1.54, 1.807) is 0 Å². The number of allylic oxidation sites excluding steroid dienone is 2. The van der Waals surface area contributed by atoms with E-state index in [4.69, 9.17) is 4.74 Å². The summed E-state index contributed by atoms with van der Waals surface area (Å²) in [6.45, 7) is 9.62. The van der Waals surface area contributed by atoms with Crippen LogP contribution in [-0.2, 0) is 17.3 Å². The van der Waals surface area contributed by atoms with E-state index in [2.05, 4.69) is 190 Å². The van der Waals surface area contributed by atoms with Crippen molar-refractivity contribution in [1.82, 2.24) is 0 Å². The van der Waals surface area contributed by atoms with Gasteiger partial charge in [0.25, 0.3) is 0 Å². The molecule has 0 fully saturated rings.